The lowest BCUT2D eigenvalue weighted by Crippen LogP contribution is -2.08. The minimum atomic E-state index is 0.533. The molecule has 0 radical (unpaired) electrons. The second-order valence-corrected chi connectivity index (χ2v) is 2.62. The third kappa shape index (κ3) is 1.61. The zero-order chi connectivity index (χ0) is 7.56. The zero-order valence-electron chi connectivity index (χ0n) is 6.00. The molecule has 0 saturated carbocycles. The van der Waals surface area contributed by atoms with Crippen LogP contribution in [0.4, 0.5) is 5.69 Å². The molecule has 1 heterocycles. The number of halogens is 1. The molecule has 0 aliphatic carbocycles. The van der Waals surface area contributed by atoms with Crippen molar-refractivity contribution in [1.82, 2.24) is 4.98 Å². The van der Waals surface area contributed by atoms with Gasteiger partial charge in [-0.25, -0.2) is 4.98 Å². The van der Waals surface area contributed by atoms with Crippen molar-refractivity contribution >= 4 is 17.3 Å². The second kappa shape index (κ2) is 2.88. The summed E-state index contributed by atoms with van der Waals surface area (Å²) in [5, 5.41) is 0.533. The van der Waals surface area contributed by atoms with Crippen LogP contribution in [0.1, 0.15) is 0 Å². The maximum absolute atomic E-state index is 5.59. The van der Waals surface area contributed by atoms with Crippen molar-refractivity contribution in [3.8, 4) is 0 Å². The molecule has 1 aromatic heterocycles. The molecular formula is C7H9ClN2. The van der Waals surface area contributed by atoms with Crippen LogP contribution in [0.5, 0.6) is 0 Å². The van der Waals surface area contributed by atoms with Crippen molar-refractivity contribution in [2.75, 3.05) is 19.0 Å². The lowest BCUT2D eigenvalue weighted by atomic mass is 10.4. The maximum Gasteiger partial charge on any atom is 0.129 e. The SMILES string of the molecule is CN(C)c1ccc(Cl)nc1. The van der Waals surface area contributed by atoms with Gasteiger partial charge in [-0.1, -0.05) is 11.6 Å². The van der Waals surface area contributed by atoms with E-state index in [1.54, 1.807) is 12.3 Å². The number of hydrogen-bond donors (Lipinski definition) is 0. The lowest BCUT2D eigenvalue weighted by Gasteiger charge is -2.10. The molecule has 0 spiro atoms. The van der Waals surface area contributed by atoms with E-state index in [0.29, 0.717) is 5.15 Å². The van der Waals surface area contributed by atoms with Gasteiger partial charge in [0.25, 0.3) is 0 Å². The van der Waals surface area contributed by atoms with E-state index in [4.69, 9.17) is 11.6 Å². The first-order valence-electron chi connectivity index (χ1n) is 2.99. The molecule has 0 aliphatic heterocycles. The highest BCUT2D eigenvalue weighted by Gasteiger charge is 1.93. The van der Waals surface area contributed by atoms with Crippen LogP contribution >= 0.6 is 11.6 Å². The highest BCUT2D eigenvalue weighted by Crippen LogP contribution is 2.11. The number of pyridine rings is 1. The van der Waals surface area contributed by atoms with E-state index in [1.807, 2.05) is 25.1 Å². The van der Waals surface area contributed by atoms with Gasteiger partial charge in [0, 0.05) is 14.1 Å². The standard InChI is InChI=1S/C7H9ClN2/c1-10(2)6-3-4-7(8)9-5-6/h3-5H,1-2H3. The fourth-order valence-corrected chi connectivity index (χ4v) is 0.744. The molecule has 0 amide bonds. The van der Waals surface area contributed by atoms with Gasteiger partial charge in [0.15, 0.2) is 0 Å². The number of rotatable bonds is 1. The number of hydrogen-bond acceptors (Lipinski definition) is 2. The van der Waals surface area contributed by atoms with Crippen LogP contribution in [0, 0.1) is 0 Å². The molecule has 2 nitrogen and oxygen atoms in total. The van der Waals surface area contributed by atoms with Crippen molar-refractivity contribution in [2.45, 2.75) is 0 Å². The molecule has 1 aromatic rings. The number of nitrogens with zero attached hydrogens (tertiary/aromatic N) is 2. The molecule has 0 aromatic carbocycles. The minimum absolute atomic E-state index is 0.533. The van der Waals surface area contributed by atoms with Crippen LogP contribution in [0.15, 0.2) is 18.3 Å². The quantitative estimate of drug-likeness (QED) is 0.577. The molecule has 0 fully saturated rings. The normalized spacial score (nSPS) is 9.50. The Morgan fingerprint density at radius 2 is 2.10 bits per heavy atom. The smallest absolute Gasteiger partial charge is 0.129 e. The topological polar surface area (TPSA) is 16.1 Å². The summed E-state index contributed by atoms with van der Waals surface area (Å²) in [7, 11) is 3.93. The summed E-state index contributed by atoms with van der Waals surface area (Å²) >= 11 is 5.59. The molecule has 0 atom stereocenters. The summed E-state index contributed by atoms with van der Waals surface area (Å²) in [6, 6.07) is 3.70. The summed E-state index contributed by atoms with van der Waals surface area (Å²) in [4.78, 5) is 5.90. The van der Waals surface area contributed by atoms with E-state index < -0.39 is 0 Å². The zero-order valence-corrected chi connectivity index (χ0v) is 6.76. The summed E-state index contributed by atoms with van der Waals surface area (Å²) in [6.07, 6.45) is 1.74. The first-order chi connectivity index (χ1) is 4.70. The molecule has 54 valence electrons. The summed E-state index contributed by atoms with van der Waals surface area (Å²) < 4.78 is 0. The number of aromatic nitrogens is 1. The lowest BCUT2D eigenvalue weighted by molar-refractivity contribution is 1.11. The Bertz CT molecular complexity index is 205. The Hall–Kier alpha value is -0.760. The molecule has 3 heteroatoms. The van der Waals surface area contributed by atoms with Crippen molar-refractivity contribution in [1.29, 1.82) is 0 Å². The molecule has 10 heavy (non-hydrogen) atoms. The summed E-state index contributed by atoms with van der Waals surface area (Å²) in [5.41, 5.74) is 1.06. The molecule has 0 bridgehead atoms. The van der Waals surface area contributed by atoms with E-state index in [0.717, 1.165) is 5.69 Å². The van der Waals surface area contributed by atoms with Crippen LogP contribution in [0.2, 0.25) is 5.15 Å². The van der Waals surface area contributed by atoms with Crippen LogP contribution in [0.25, 0.3) is 0 Å². The van der Waals surface area contributed by atoms with E-state index >= 15 is 0 Å². The van der Waals surface area contributed by atoms with Gasteiger partial charge >= 0.3 is 0 Å². The summed E-state index contributed by atoms with van der Waals surface area (Å²) in [5.74, 6) is 0. The van der Waals surface area contributed by atoms with Crippen LogP contribution < -0.4 is 4.90 Å². The van der Waals surface area contributed by atoms with Gasteiger partial charge in [0.1, 0.15) is 5.15 Å². The highest BCUT2D eigenvalue weighted by molar-refractivity contribution is 6.29. The third-order valence-corrected chi connectivity index (χ3v) is 1.45. The Kier molecular flexibility index (Phi) is 2.12. The van der Waals surface area contributed by atoms with Gasteiger partial charge in [-0.15, -0.1) is 0 Å². The Morgan fingerprint density at radius 1 is 1.40 bits per heavy atom. The average molecular weight is 157 g/mol. The van der Waals surface area contributed by atoms with E-state index in [2.05, 4.69) is 4.98 Å². The monoisotopic (exact) mass is 156 g/mol. The Balaban J connectivity index is 2.89. The molecular weight excluding hydrogens is 148 g/mol. The largest absolute Gasteiger partial charge is 0.376 e. The van der Waals surface area contributed by atoms with Crippen molar-refractivity contribution in [3.05, 3.63) is 23.5 Å². The fraction of sp³-hybridized carbons (Fsp3) is 0.286. The van der Waals surface area contributed by atoms with Crippen LogP contribution in [0.3, 0.4) is 0 Å². The van der Waals surface area contributed by atoms with Gasteiger partial charge in [0.2, 0.25) is 0 Å². The fourth-order valence-electron chi connectivity index (χ4n) is 0.633. The van der Waals surface area contributed by atoms with Gasteiger partial charge in [-0.3, -0.25) is 0 Å². The van der Waals surface area contributed by atoms with Gasteiger partial charge in [-0.05, 0) is 12.1 Å². The molecule has 1 rings (SSSR count). The molecule has 0 saturated heterocycles. The van der Waals surface area contributed by atoms with Gasteiger partial charge in [0.05, 0.1) is 11.9 Å². The predicted octanol–water partition coefficient (Wildman–Crippen LogP) is 1.80. The highest BCUT2D eigenvalue weighted by atomic mass is 35.5. The van der Waals surface area contributed by atoms with Crippen LogP contribution in [-0.2, 0) is 0 Å². The van der Waals surface area contributed by atoms with Crippen molar-refractivity contribution in [3.63, 3.8) is 0 Å². The second-order valence-electron chi connectivity index (χ2n) is 2.23. The summed E-state index contributed by atoms with van der Waals surface area (Å²) in [6.45, 7) is 0. The Morgan fingerprint density at radius 3 is 2.50 bits per heavy atom. The predicted molar refractivity (Wildman–Crippen MR) is 43.6 cm³/mol. The van der Waals surface area contributed by atoms with E-state index in [1.165, 1.54) is 0 Å². The molecule has 0 N–H and O–H groups in total. The van der Waals surface area contributed by atoms with E-state index in [-0.39, 0.29) is 0 Å². The third-order valence-electron chi connectivity index (χ3n) is 1.23. The average Bonchev–Trinajstić information content (AvgIpc) is 1.88. The first kappa shape index (κ1) is 7.35. The minimum Gasteiger partial charge on any atom is -0.376 e. The van der Waals surface area contributed by atoms with E-state index in [9.17, 15) is 0 Å². The van der Waals surface area contributed by atoms with Crippen molar-refractivity contribution < 1.29 is 0 Å². The molecule has 0 aliphatic rings. The van der Waals surface area contributed by atoms with Gasteiger partial charge < -0.3 is 4.90 Å². The molecule has 0 unspecified atom stereocenters. The first-order valence-corrected chi connectivity index (χ1v) is 3.37. The Labute approximate surface area is 65.4 Å². The maximum atomic E-state index is 5.59. The number of anilines is 1. The van der Waals surface area contributed by atoms with Gasteiger partial charge in [-0.2, -0.15) is 0 Å². The van der Waals surface area contributed by atoms with Crippen LogP contribution in [-0.4, -0.2) is 19.1 Å². The van der Waals surface area contributed by atoms with Crippen molar-refractivity contribution in [2.24, 2.45) is 0 Å².